The van der Waals surface area contributed by atoms with Gasteiger partial charge in [0.25, 0.3) is 0 Å². The van der Waals surface area contributed by atoms with Crippen LogP contribution < -0.4 is 5.73 Å². The number of piperidine rings is 1. The van der Waals surface area contributed by atoms with Gasteiger partial charge in [-0.3, -0.25) is 0 Å². The Bertz CT molecular complexity index is 160. The Labute approximate surface area is 95.2 Å². The fourth-order valence-corrected chi connectivity index (χ4v) is 2.59. The molecule has 0 aliphatic carbocycles. The maximum absolute atomic E-state index is 6.13. The molecule has 1 rings (SSSR count). The molecule has 1 aliphatic rings. The first-order valence-electron chi connectivity index (χ1n) is 6.59. The van der Waals surface area contributed by atoms with Crippen LogP contribution in [0.25, 0.3) is 0 Å². The van der Waals surface area contributed by atoms with Gasteiger partial charge in [-0.1, -0.05) is 27.2 Å². The third-order valence-corrected chi connectivity index (χ3v) is 3.55. The summed E-state index contributed by atoms with van der Waals surface area (Å²) in [5, 5.41) is 0. The molecule has 1 fully saturated rings. The molecule has 0 saturated carbocycles. The van der Waals surface area contributed by atoms with E-state index in [1.54, 1.807) is 0 Å². The van der Waals surface area contributed by atoms with Gasteiger partial charge >= 0.3 is 0 Å². The molecule has 1 saturated heterocycles. The van der Waals surface area contributed by atoms with Crippen molar-refractivity contribution in [2.45, 2.75) is 52.5 Å². The Morgan fingerprint density at radius 3 is 2.33 bits per heavy atom. The SMILES string of the molecule is CCC1CCN(CC(N)CC(C)C)CC1. The number of nitrogens with two attached hydrogens (primary N) is 1. The van der Waals surface area contributed by atoms with Gasteiger partial charge in [0.15, 0.2) is 0 Å². The third kappa shape index (κ3) is 4.98. The topological polar surface area (TPSA) is 29.3 Å². The first-order valence-corrected chi connectivity index (χ1v) is 6.59. The summed E-state index contributed by atoms with van der Waals surface area (Å²) in [6.45, 7) is 10.5. The Balaban J connectivity index is 2.17. The van der Waals surface area contributed by atoms with E-state index in [4.69, 9.17) is 5.73 Å². The van der Waals surface area contributed by atoms with E-state index in [-0.39, 0.29) is 0 Å². The summed E-state index contributed by atoms with van der Waals surface area (Å²) in [5.41, 5.74) is 6.13. The van der Waals surface area contributed by atoms with Crippen LogP contribution >= 0.6 is 0 Å². The summed E-state index contributed by atoms with van der Waals surface area (Å²) in [6.07, 6.45) is 5.27. The molecule has 1 heterocycles. The van der Waals surface area contributed by atoms with E-state index < -0.39 is 0 Å². The van der Waals surface area contributed by atoms with Crippen LogP contribution in [0, 0.1) is 11.8 Å². The van der Waals surface area contributed by atoms with Crippen molar-refractivity contribution in [3.63, 3.8) is 0 Å². The van der Waals surface area contributed by atoms with Gasteiger partial charge in [-0.2, -0.15) is 0 Å². The fourth-order valence-electron chi connectivity index (χ4n) is 2.59. The van der Waals surface area contributed by atoms with Crippen molar-refractivity contribution in [3.05, 3.63) is 0 Å². The molecule has 1 unspecified atom stereocenters. The molecule has 0 spiro atoms. The summed E-state index contributed by atoms with van der Waals surface area (Å²) in [6, 6.07) is 0.378. The van der Waals surface area contributed by atoms with Gasteiger partial charge in [0.1, 0.15) is 0 Å². The maximum Gasteiger partial charge on any atom is 0.0170 e. The third-order valence-electron chi connectivity index (χ3n) is 3.55. The van der Waals surface area contributed by atoms with Crippen LogP contribution in [-0.4, -0.2) is 30.6 Å². The zero-order chi connectivity index (χ0) is 11.3. The highest BCUT2D eigenvalue weighted by atomic mass is 15.1. The standard InChI is InChI=1S/C13H28N2/c1-4-12-5-7-15(8-6-12)10-13(14)9-11(2)3/h11-13H,4-10,14H2,1-3H3. The molecule has 0 bridgehead atoms. The number of likely N-dealkylation sites (tertiary alicyclic amines) is 1. The number of hydrogen-bond donors (Lipinski definition) is 1. The lowest BCUT2D eigenvalue weighted by atomic mass is 9.94. The lowest BCUT2D eigenvalue weighted by Crippen LogP contribution is -2.42. The molecule has 0 aromatic heterocycles. The second-order valence-corrected chi connectivity index (χ2v) is 5.54. The van der Waals surface area contributed by atoms with Crippen molar-refractivity contribution >= 4 is 0 Å². The van der Waals surface area contributed by atoms with E-state index in [0.717, 1.165) is 24.8 Å². The normalized spacial score (nSPS) is 22.2. The molecule has 2 N–H and O–H groups in total. The fraction of sp³-hybridized carbons (Fsp3) is 1.00. The summed E-state index contributed by atoms with van der Waals surface area (Å²) < 4.78 is 0. The van der Waals surface area contributed by atoms with Crippen LogP contribution in [0.15, 0.2) is 0 Å². The minimum Gasteiger partial charge on any atom is -0.327 e. The highest BCUT2D eigenvalue weighted by Gasteiger charge is 2.19. The molecule has 0 aromatic rings. The van der Waals surface area contributed by atoms with Crippen LogP contribution in [0.4, 0.5) is 0 Å². The van der Waals surface area contributed by atoms with Crippen molar-refractivity contribution < 1.29 is 0 Å². The second-order valence-electron chi connectivity index (χ2n) is 5.54. The molecule has 90 valence electrons. The lowest BCUT2D eigenvalue weighted by Gasteiger charge is -2.33. The molecule has 1 atom stereocenters. The minimum atomic E-state index is 0.378. The Hall–Kier alpha value is -0.0800. The van der Waals surface area contributed by atoms with Gasteiger partial charge < -0.3 is 10.6 Å². The summed E-state index contributed by atoms with van der Waals surface area (Å²) in [7, 11) is 0. The van der Waals surface area contributed by atoms with E-state index in [1.165, 1.54) is 32.4 Å². The average molecular weight is 212 g/mol. The van der Waals surface area contributed by atoms with E-state index in [9.17, 15) is 0 Å². The monoisotopic (exact) mass is 212 g/mol. The van der Waals surface area contributed by atoms with E-state index in [2.05, 4.69) is 25.7 Å². The van der Waals surface area contributed by atoms with Crippen molar-refractivity contribution in [2.24, 2.45) is 17.6 Å². The Kier molecular flexibility index (Phi) is 5.62. The van der Waals surface area contributed by atoms with Gasteiger partial charge in [0.2, 0.25) is 0 Å². The average Bonchev–Trinajstić information content (AvgIpc) is 2.17. The highest BCUT2D eigenvalue weighted by Crippen LogP contribution is 2.20. The number of nitrogens with zero attached hydrogens (tertiary/aromatic N) is 1. The largest absolute Gasteiger partial charge is 0.327 e. The van der Waals surface area contributed by atoms with Crippen molar-refractivity contribution in [3.8, 4) is 0 Å². The molecule has 1 aliphatic heterocycles. The predicted molar refractivity (Wildman–Crippen MR) is 66.9 cm³/mol. The highest BCUT2D eigenvalue weighted by molar-refractivity contribution is 4.75. The maximum atomic E-state index is 6.13. The molecule has 0 amide bonds. The van der Waals surface area contributed by atoms with E-state index in [0.29, 0.717) is 6.04 Å². The van der Waals surface area contributed by atoms with Gasteiger partial charge in [0, 0.05) is 12.6 Å². The van der Waals surface area contributed by atoms with E-state index >= 15 is 0 Å². The van der Waals surface area contributed by atoms with Crippen LogP contribution in [0.2, 0.25) is 0 Å². The predicted octanol–water partition coefficient (Wildman–Crippen LogP) is 2.48. The zero-order valence-corrected chi connectivity index (χ0v) is 10.7. The van der Waals surface area contributed by atoms with Crippen LogP contribution in [-0.2, 0) is 0 Å². The van der Waals surface area contributed by atoms with Crippen molar-refractivity contribution in [1.29, 1.82) is 0 Å². The number of rotatable bonds is 5. The summed E-state index contributed by atoms with van der Waals surface area (Å²) in [5.74, 6) is 1.70. The van der Waals surface area contributed by atoms with Gasteiger partial charge in [-0.25, -0.2) is 0 Å². The smallest absolute Gasteiger partial charge is 0.0170 e. The molecule has 0 radical (unpaired) electrons. The molecule has 15 heavy (non-hydrogen) atoms. The number of hydrogen-bond acceptors (Lipinski definition) is 2. The summed E-state index contributed by atoms with van der Waals surface area (Å²) >= 11 is 0. The van der Waals surface area contributed by atoms with Gasteiger partial charge in [-0.05, 0) is 44.2 Å². The molecular formula is C13H28N2. The second kappa shape index (κ2) is 6.49. The molecular weight excluding hydrogens is 184 g/mol. The lowest BCUT2D eigenvalue weighted by molar-refractivity contribution is 0.168. The van der Waals surface area contributed by atoms with Crippen molar-refractivity contribution in [1.82, 2.24) is 4.90 Å². The molecule has 0 aromatic carbocycles. The quantitative estimate of drug-likeness (QED) is 0.758. The van der Waals surface area contributed by atoms with Crippen molar-refractivity contribution in [2.75, 3.05) is 19.6 Å². The molecule has 2 nitrogen and oxygen atoms in total. The van der Waals surface area contributed by atoms with Crippen LogP contribution in [0.3, 0.4) is 0 Å². The first kappa shape index (κ1) is 13.0. The van der Waals surface area contributed by atoms with Gasteiger partial charge in [-0.15, -0.1) is 0 Å². The van der Waals surface area contributed by atoms with E-state index in [1.807, 2.05) is 0 Å². The minimum absolute atomic E-state index is 0.378. The Morgan fingerprint density at radius 2 is 1.87 bits per heavy atom. The summed E-state index contributed by atoms with van der Waals surface area (Å²) in [4.78, 5) is 2.55. The van der Waals surface area contributed by atoms with Crippen LogP contribution in [0.1, 0.15) is 46.5 Å². The van der Waals surface area contributed by atoms with Crippen LogP contribution in [0.5, 0.6) is 0 Å². The Morgan fingerprint density at radius 1 is 1.27 bits per heavy atom. The zero-order valence-electron chi connectivity index (χ0n) is 10.7. The first-order chi connectivity index (χ1) is 7.11. The van der Waals surface area contributed by atoms with Gasteiger partial charge in [0.05, 0.1) is 0 Å². The molecule has 2 heteroatoms.